The third-order valence-corrected chi connectivity index (χ3v) is 5.09. The van der Waals surface area contributed by atoms with Crippen LogP contribution < -0.4 is 5.73 Å². The van der Waals surface area contributed by atoms with Gasteiger partial charge in [-0.25, -0.2) is 4.98 Å². The molecule has 20 heavy (non-hydrogen) atoms. The van der Waals surface area contributed by atoms with Crippen molar-refractivity contribution in [3.8, 4) is 0 Å². The zero-order valence-corrected chi connectivity index (χ0v) is 13.8. The van der Waals surface area contributed by atoms with Gasteiger partial charge in [0.25, 0.3) is 0 Å². The van der Waals surface area contributed by atoms with E-state index in [-0.39, 0.29) is 5.41 Å². The second-order valence-corrected chi connectivity index (χ2v) is 7.14. The molecule has 2 N–H and O–H groups in total. The van der Waals surface area contributed by atoms with E-state index in [2.05, 4.69) is 52.5 Å². The summed E-state index contributed by atoms with van der Waals surface area (Å²) >= 11 is 3.54. The van der Waals surface area contributed by atoms with Gasteiger partial charge in [0.1, 0.15) is 5.82 Å². The van der Waals surface area contributed by atoms with Gasteiger partial charge < -0.3 is 10.3 Å². The predicted octanol–water partition coefficient (Wildman–Crippen LogP) is 4.15. The van der Waals surface area contributed by atoms with E-state index in [1.54, 1.807) is 0 Å². The summed E-state index contributed by atoms with van der Waals surface area (Å²) in [5.41, 5.74) is 8.53. The molecule has 3 rings (SSSR count). The van der Waals surface area contributed by atoms with E-state index in [0.29, 0.717) is 12.6 Å². The molecule has 0 unspecified atom stereocenters. The summed E-state index contributed by atoms with van der Waals surface area (Å²) in [4.78, 5) is 4.97. The van der Waals surface area contributed by atoms with Crippen molar-refractivity contribution >= 4 is 27.0 Å². The molecule has 1 fully saturated rings. The van der Waals surface area contributed by atoms with Crippen molar-refractivity contribution in [3.05, 3.63) is 28.5 Å². The lowest BCUT2D eigenvalue weighted by Gasteiger charge is -2.29. The molecular formula is C16H22BrN3. The maximum Gasteiger partial charge on any atom is 0.117 e. The summed E-state index contributed by atoms with van der Waals surface area (Å²) in [5, 5.41) is 0. The van der Waals surface area contributed by atoms with E-state index >= 15 is 0 Å². The fraction of sp³-hybridized carbons (Fsp3) is 0.562. The molecule has 1 saturated carbocycles. The van der Waals surface area contributed by atoms with Gasteiger partial charge in [-0.3, -0.25) is 0 Å². The molecule has 0 aliphatic heterocycles. The number of halogens is 1. The van der Waals surface area contributed by atoms with Crippen LogP contribution in [0.15, 0.2) is 22.7 Å². The highest BCUT2D eigenvalue weighted by Gasteiger charge is 2.39. The molecule has 0 spiro atoms. The molecule has 1 aliphatic carbocycles. The standard InChI is InChI=1S/C16H22BrN3/c1-11(2)20-14-6-5-12(17)9-13(14)19-15(20)16(10-18)7-3-4-8-16/h5-6,9,11H,3-4,7-8,10,18H2,1-2H3. The van der Waals surface area contributed by atoms with E-state index in [0.717, 1.165) is 9.99 Å². The number of hydrogen-bond donors (Lipinski definition) is 1. The van der Waals surface area contributed by atoms with Gasteiger partial charge in [0.2, 0.25) is 0 Å². The van der Waals surface area contributed by atoms with Crippen LogP contribution in [0.4, 0.5) is 0 Å². The number of nitrogens with zero attached hydrogens (tertiary/aromatic N) is 2. The van der Waals surface area contributed by atoms with Crippen LogP contribution >= 0.6 is 15.9 Å². The van der Waals surface area contributed by atoms with Gasteiger partial charge in [0.05, 0.1) is 11.0 Å². The summed E-state index contributed by atoms with van der Waals surface area (Å²) in [7, 11) is 0. The van der Waals surface area contributed by atoms with Gasteiger partial charge in [0, 0.05) is 22.5 Å². The Bertz CT molecular complexity index is 624. The van der Waals surface area contributed by atoms with E-state index < -0.39 is 0 Å². The maximum atomic E-state index is 6.16. The first-order chi connectivity index (χ1) is 9.57. The zero-order chi connectivity index (χ0) is 14.3. The number of rotatable bonds is 3. The van der Waals surface area contributed by atoms with Crippen LogP contribution in [-0.4, -0.2) is 16.1 Å². The topological polar surface area (TPSA) is 43.8 Å². The first kappa shape index (κ1) is 14.1. The molecule has 0 radical (unpaired) electrons. The van der Waals surface area contributed by atoms with Crippen molar-refractivity contribution in [1.82, 2.24) is 9.55 Å². The van der Waals surface area contributed by atoms with Crippen LogP contribution in [0.25, 0.3) is 11.0 Å². The number of hydrogen-bond acceptors (Lipinski definition) is 2. The third kappa shape index (κ3) is 2.09. The lowest BCUT2D eigenvalue weighted by molar-refractivity contribution is 0.393. The highest BCUT2D eigenvalue weighted by molar-refractivity contribution is 9.10. The third-order valence-electron chi connectivity index (χ3n) is 4.59. The Morgan fingerprint density at radius 1 is 1.35 bits per heavy atom. The first-order valence-electron chi connectivity index (χ1n) is 7.45. The maximum absolute atomic E-state index is 6.16. The average Bonchev–Trinajstić information content (AvgIpc) is 3.02. The quantitative estimate of drug-likeness (QED) is 0.915. The highest BCUT2D eigenvalue weighted by atomic mass is 79.9. The monoisotopic (exact) mass is 335 g/mol. The molecule has 1 aliphatic rings. The smallest absolute Gasteiger partial charge is 0.117 e. The fourth-order valence-corrected chi connectivity index (χ4v) is 3.89. The SMILES string of the molecule is CC(C)n1c(C2(CN)CCCC2)nc2cc(Br)ccc21. The van der Waals surface area contributed by atoms with Crippen LogP contribution in [-0.2, 0) is 5.41 Å². The normalized spacial score (nSPS) is 18.2. The second-order valence-electron chi connectivity index (χ2n) is 6.22. The molecule has 4 heteroatoms. The van der Waals surface area contributed by atoms with E-state index in [1.165, 1.54) is 37.0 Å². The Balaban J connectivity index is 2.26. The van der Waals surface area contributed by atoms with Gasteiger partial charge in [-0.2, -0.15) is 0 Å². The minimum absolute atomic E-state index is 0.0791. The Hall–Kier alpha value is -0.870. The zero-order valence-electron chi connectivity index (χ0n) is 12.2. The summed E-state index contributed by atoms with van der Waals surface area (Å²) in [6.07, 6.45) is 4.87. The lowest BCUT2D eigenvalue weighted by atomic mass is 9.85. The number of nitrogens with two attached hydrogens (primary N) is 1. The van der Waals surface area contributed by atoms with Crippen LogP contribution in [0.3, 0.4) is 0 Å². The molecule has 1 aromatic carbocycles. The molecule has 0 saturated heterocycles. The predicted molar refractivity (Wildman–Crippen MR) is 87.0 cm³/mol. The number of benzene rings is 1. The fourth-order valence-electron chi connectivity index (χ4n) is 3.54. The summed E-state index contributed by atoms with van der Waals surface area (Å²) in [5.74, 6) is 1.20. The number of aromatic nitrogens is 2. The molecule has 3 nitrogen and oxygen atoms in total. The number of imidazole rings is 1. The van der Waals surface area contributed by atoms with Crippen LogP contribution in [0.5, 0.6) is 0 Å². The van der Waals surface area contributed by atoms with Crippen molar-refractivity contribution in [3.63, 3.8) is 0 Å². The molecule has 108 valence electrons. The minimum atomic E-state index is 0.0791. The largest absolute Gasteiger partial charge is 0.329 e. The molecule has 0 amide bonds. The Kier molecular flexibility index (Phi) is 3.63. The van der Waals surface area contributed by atoms with E-state index in [1.807, 2.05) is 0 Å². The van der Waals surface area contributed by atoms with Crippen molar-refractivity contribution in [1.29, 1.82) is 0 Å². The van der Waals surface area contributed by atoms with Crippen molar-refractivity contribution < 1.29 is 0 Å². The molecule has 1 heterocycles. The van der Waals surface area contributed by atoms with Crippen molar-refractivity contribution in [2.24, 2.45) is 5.73 Å². The van der Waals surface area contributed by atoms with E-state index in [9.17, 15) is 0 Å². The van der Waals surface area contributed by atoms with Crippen LogP contribution in [0.2, 0.25) is 0 Å². The van der Waals surface area contributed by atoms with Gasteiger partial charge >= 0.3 is 0 Å². The van der Waals surface area contributed by atoms with E-state index in [4.69, 9.17) is 10.7 Å². The molecule has 1 aromatic heterocycles. The summed E-state index contributed by atoms with van der Waals surface area (Å²) in [6.45, 7) is 5.15. The molecule has 2 aromatic rings. The summed E-state index contributed by atoms with van der Waals surface area (Å²) in [6, 6.07) is 6.77. The first-order valence-corrected chi connectivity index (χ1v) is 8.25. The number of fused-ring (bicyclic) bond motifs is 1. The van der Waals surface area contributed by atoms with Gasteiger partial charge in [-0.15, -0.1) is 0 Å². The highest BCUT2D eigenvalue weighted by Crippen LogP contribution is 2.42. The Morgan fingerprint density at radius 2 is 2.05 bits per heavy atom. The van der Waals surface area contributed by atoms with Crippen LogP contribution in [0.1, 0.15) is 51.4 Å². The average molecular weight is 336 g/mol. The van der Waals surface area contributed by atoms with Crippen molar-refractivity contribution in [2.45, 2.75) is 51.0 Å². The van der Waals surface area contributed by atoms with Crippen molar-refractivity contribution in [2.75, 3.05) is 6.54 Å². The Morgan fingerprint density at radius 3 is 2.65 bits per heavy atom. The van der Waals surface area contributed by atoms with Crippen LogP contribution in [0, 0.1) is 0 Å². The van der Waals surface area contributed by atoms with Gasteiger partial charge in [-0.05, 0) is 44.9 Å². The van der Waals surface area contributed by atoms with Gasteiger partial charge in [0.15, 0.2) is 0 Å². The lowest BCUT2D eigenvalue weighted by Crippen LogP contribution is -2.35. The summed E-state index contributed by atoms with van der Waals surface area (Å²) < 4.78 is 3.47. The molecular weight excluding hydrogens is 314 g/mol. The minimum Gasteiger partial charge on any atom is -0.329 e. The second kappa shape index (κ2) is 5.15. The molecule has 0 atom stereocenters. The Labute approximate surface area is 128 Å². The molecule has 0 bridgehead atoms. The van der Waals surface area contributed by atoms with Gasteiger partial charge in [-0.1, -0.05) is 28.8 Å².